The summed E-state index contributed by atoms with van der Waals surface area (Å²) >= 11 is 1.47. The van der Waals surface area contributed by atoms with Gasteiger partial charge in [-0.25, -0.2) is 4.98 Å². The first kappa shape index (κ1) is 14.8. The largest absolute Gasteiger partial charge is 0.391 e. The molecule has 0 aliphatic heterocycles. The van der Waals surface area contributed by atoms with Crippen LogP contribution in [0.3, 0.4) is 0 Å². The molecule has 1 aromatic heterocycles. The third-order valence-corrected chi connectivity index (χ3v) is 4.96. The molecule has 0 spiro atoms. The number of thiazole rings is 1. The van der Waals surface area contributed by atoms with Crippen molar-refractivity contribution in [2.24, 2.45) is 11.7 Å². The van der Waals surface area contributed by atoms with Crippen molar-refractivity contribution < 1.29 is 13.2 Å². The van der Waals surface area contributed by atoms with Gasteiger partial charge in [-0.2, -0.15) is 13.2 Å². The predicted octanol–water partition coefficient (Wildman–Crippen LogP) is 4.17. The van der Waals surface area contributed by atoms with Crippen LogP contribution < -0.4 is 5.73 Å². The standard InChI is InChI=1S/C13H19F3N2S/c1-8(2)10-7-19-11(18-10)12(17)5-3-9(4-6-12)13(14,15)16/h7-9H,3-6,17H2,1-2H3. The Hall–Kier alpha value is -0.620. The monoisotopic (exact) mass is 292 g/mol. The van der Waals surface area contributed by atoms with Crippen molar-refractivity contribution in [1.29, 1.82) is 0 Å². The molecule has 1 aliphatic carbocycles. The fourth-order valence-electron chi connectivity index (χ4n) is 2.45. The molecule has 0 amide bonds. The molecular formula is C13H19F3N2S. The van der Waals surface area contributed by atoms with Crippen LogP contribution in [0.2, 0.25) is 0 Å². The van der Waals surface area contributed by atoms with Crippen LogP contribution in [-0.2, 0) is 5.54 Å². The van der Waals surface area contributed by atoms with Gasteiger partial charge in [0.1, 0.15) is 5.01 Å². The van der Waals surface area contributed by atoms with Gasteiger partial charge in [0, 0.05) is 5.38 Å². The highest BCUT2D eigenvalue weighted by atomic mass is 32.1. The molecule has 2 rings (SSSR count). The van der Waals surface area contributed by atoms with Gasteiger partial charge in [-0.1, -0.05) is 13.8 Å². The van der Waals surface area contributed by atoms with Crippen molar-refractivity contribution in [1.82, 2.24) is 4.98 Å². The molecule has 6 heteroatoms. The molecule has 2 N–H and O–H groups in total. The molecule has 0 bridgehead atoms. The molecule has 108 valence electrons. The molecular weight excluding hydrogens is 273 g/mol. The summed E-state index contributed by atoms with van der Waals surface area (Å²) in [6.07, 6.45) is -3.15. The van der Waals surface area contributed by atoms with E-state index in [1.54, 1.807) is 0 Å². The van der Waals surface area contributed by atoms with Crippen molar-refractivity contribution in [3.05, 3.63) is 16.1 Å². The molecule has 0 aromatic carbocycles. The van der Waals surface area contributed by atoms with Crippen LogP contribution in [0.5, 0.6) is 0 Å². The minimum absolute atomic E-state index is 0.108. The maximum absolute atomic E-state index is 12.7. The van der Waals surface area contributed by atoms with Gasteiger partial charge >= 0.3 is 6.18 Å². The Labute approximate surface area is 115 Å². The lowest BCUT2D eigenvalue weighted by Crippen LogP contribution is -2.43. The third kappa shape index (κ3) is 3.11. The van der Waals surface area contributed by atoms with E-state index in [1.165, 1.54) is 11.3 Å². The summed E-state index contributed by atoms with van der Waals surface area (Å²) in [5.74, 6) is -0.881. The Bertz CT molecular complexity index is 431. The summed E-state index contributed by atoms with van der Waals surface area (Å²) in [5.41, 5.74) is 6.59. The molecule has 0 atom stereocenters. The zero-order valence-corrected chi connectivity index (χ0v) is 11.9. The highest BCUT2D eigenvalue weighted by Crippen LogP contribution is 2.44. The second-order valence-corrected chi connectivity index (χ2v) is 6.56. The third-order valence-electron chi connectivity index (χ3n) is 3.88. The Morgan fingerprint density at radius 3 is 2.37 bits per heavy atom. The summed E-state index contributed by atoms with van der Waals surface area (Å²) in [6, 6.07) is 0. The van der Waals surface area contributed by atoms with Gasteiger partial charge in [-0.15, -0.1) is 11.3 Å². The summed E-state index contributed by atoms with van der Waals surface area (Å²) in [4.78, 5) is 4.50. The van der Waals surface area contributed by atoms with E-state index in [0.717, 1.165) is 10.7 Å². The zero-order valence-electron chi connectivity index (χ0n) is 11.1. The molecule has 1 fully saturated rings. The lowest BCUT2D eigenvalue weighted by Gasteiger charge is -2.36. The van der Waals surface area contributed by atoms with Crippen LogP contribution in [0.25, 0.3) is 0 Å². The van der Waals surface area contributed by atoms with Gasteiger partial charge in [-0.3, -0.25) is 0 Å². The molecule has 2 nitrogen and oxygen atoms in total. The van der Waals surface area contributed by atoms with Gasteiger partial charge in [0.05, 0.1) is 17.2 Å². The minimum Gasteiger partial charge on any atom is -0.319 e. The summed E-state index contributed by atoms with van der Waals surface area (Å²) < 4.78 is 38.0. The average Bonchev–Trinajstić information content (AvgIpc) is 2.78. The Kier molecular flexibility index (Phi) is 3.93. The van der Waals surface area contributed by atoms with Gasteiger partial charge in [0.2, 0.25) is 0 Å². The molecule has 0 unspecified atom stereocenters. The fraction of sp³-hybridized carbons (Fsp3) is 0.769. The Morgan fingerprint density at radius 2 is 1.95 bits per heavy atom. The normalized spacial score (nSPS) is 28.9. The summed E-state index contributed by atoms with van der Waals surface area (Å²) in [7, 11) is 0. The first-order valence-corrected chi connectivity index (χ1v) is 7.42. The molecule has 0 radical (unpaired) electrons. The number of alkyl halides is 3. The molecule has 1 aromatic rings. The summed E-state index contributed by atoms with van der Waals surface area (Å²) in [6.45, 7) is 4.09. The van der Waals surface area contributed by atoms with E-state index in [2.05, 4.69) is 4.98 Å². The first-order chi connectivity index (χ1) is 8.72. The van der Waals surface area contributed by atoms with E-state index in [4.69, 9.17) is 5.73 Å². The molecule has 19 heavy (non-hydrogen) atoms. The van der Waals surface area contributed by atoms with Crippen molar-refractivity contribution in [3.8, 4) is 0 Å². The van der Waals surface area contributed by atoms with E-state index < -0.39 is 17.6 Å². The molecule has 1 aliphatic rings. The number of nitrogens with two attached hydrogens (primary N) is 1. The minimum atomic E-state index is -4.09. The van der Waals surface area contributed by atoms with Gasteiger partial charge in [-0.05, 0) is 31.6 Å². The van der Waals surface area contributed by atoms with Crippen molar-refractivity contribution in [2.45, 2.75) is 57.2 Å². The lowest BCUT2D eigenvalue weighted by atomic mass is 9.77. The quantitative estimate of drug-likeness (QED) is 0.888. The SMILES string of the molecule is CC(C)c1csc(C2(N)CCC(C(F)(F)F)CC2)n1. The van der Waals surface area contributed by atoms with Gasteiger partial charge in [0.25, 0.3) is 0 Å². The van der Waals surface area contributed by atoms with E-state index in [-0.39, 0.29) is 12.8 Å². The fourth-order valence-corrected chi connectivity index (χ4v) is 3.61. The number of aromatic nitrogens is 1. The molecule has 1 saturated carbocycles. The van der Waals surface area contributed by atoms with E-state index >= 15 is 0 Å². The van der Waals surface area contributed by atoms with E-state index in [1.807, 2.05) is 19.2 Å². The maximum atomic E-state index is 12.7. The van der Waals surface area contributed by atoms with Crippen molar-refractivity contribution in [2.75, 3.05) is 0 Å². The number of halogens is 3. The van der Waals surface area contributed by atoms with Gasteiger partial charge < -0.3 is 5.73 Å². The lowest BCUT2D eigenvalue weighted by molar-refractivity contribution is -0.184. The van der Waals surface area contributed by atoms with E-state index in [0.29, 0.717) is 18.8 Å². The summed E-state index contributed by atoms with van der Waals surface area (Å²) in [5, 5.41) is 2.75. The van der Waals surface area contributed by atoms with Crippen molar-refractivity contribution >= 4 is 11.3 Å². The zero-order chi connectivity index (χ0) is 14.3. The number of hydrogen-bond donors (Lipinski definition) is 1. The van der Waals surface area contributed by atoms with Crippen LogP contribution in [-0.4, -0.2) is 11.2 Å². The Morgan fingerprint density at radius 1 is 1.37 bits per heavy atom. The van der Waals surface area contributed by atoms with Crippen LogP contribution in [0.4, 0.5) is 13.2 Å². The van der Waals surface area contributed by atoms with Crippen LogP contribution in [0.15, 0.2) is 5.38 Å². The van der Waals surface area contributed by atoms with Crippen LogP contribution in [0, 0.1) is 5.92 Å². The highest BCUT2D eigenvalue weighted by molar-refractivity contribution is 7.09. The topological polar surface area (TPSA) is 38.9 Å². The van der Waals surface area contributed by atoms with Crippen LogP contribution >= 0.6 is 11.3 Å². The van der Waals surface area contributed by atoms with Crippen molar-refractivity contribution in [3.63, 3.8) is 0 Å². The average molecular weight is 292 g/mol. The van der Waals surface area contributed by atoms with E-state index in [9.17, 15) is 13.2 Å². The smallest absolute Gasteiger partial charge is 0.319 e. The predicted molar refractivity (Wildman–Crippen MR) is 70.1 cm³/mol. The van der Waals surface area contributed by atoms with Gasteiger partial charge in [0.15, 0.2) is 0 Å². The molecule has 0 saturated heterocycles. The number of nitrogens with zero attached hydrogens (tertiary/aromatic N) is 1. The Balaban J connectivity index is 2.09. The van der Waals surface area contributed by atoms with Crippen LogP contribution in [0.1, 0.15) is 56.2 Å². The second-order valence-electron chi connectivity index (χ2n) is 5.70. The first-order valence-electron chi connectivity index (χ1n) is 6.54. The second kappa shape index (κ2) is 5.05. The molecule has 1 heterocycles. The number of hydrogen-bond acceptors (Lipinski definition) is 3. The number of rotatable bonds is 2. The highest BCUT2D eigenvalue weighted by Gasteiger charge is 2.45. The maximum Gasteiger partial charge on any atom is 0.391 e.